The molecule has 0 aliphatic rings. The Bertz CT molecular complexity index is 250. The van der Waals surface area contributed by atoms with Crippen LogP contribution in [-0.4, -0.2) is 28.2 Å². The van der Waals surface area contributed by atoms with Crippen LogP contribution in [0.15, 0.2) is 0 Å². The van der Waals surface area contributed by atoms with Crippen molar-refractivity contribution < 1.29 is 0 Å². The van der Waals surface area contributed by atoms with E-state index in [9.17, 15) is 0 Å². The van der Waals surface area contributed by atoms with Gasteiger partial charge in [0.25, 0.3) is 0 Å². The molecule has 0 fully saturated rings. The maximum atomic E-state index is 4.06. The lowest BCUT2D eigenvalue weighted by molar-refractivity contribution is 0.952. The summed E-state index contributed by atoms with van der Waals surface area (Å²) in [5, 5.41) is 13.5. The van der Waals surface area contributed by atoms with Gasteiger partial charge in [-0.3, -0.25) is 0 Å². The molecule has 0 aliphatic carbocycles. The Balaban J connectivity index is 2.12. The molecule has 0 aromatic carbocycles. The first kappa shape index (κ1) is 11.8. The normalized spacial score (nSPS) is 10.4. The number of aryl methyl sites for hydroxylation is 1. The van der Waals surface area contributed by atoms with Crippen molar-refractivity contribution in [2.45, 2.75) is 26.7 Å². The molecule has 14 heavy (non-hydrogen) atoms. The monoisotopic (exact) mass is 231 g/mol. The average Bonchev–Trinajstić information content (AvgIpc) is 2.65. The van der Waals surface area contributed by atoms with Gasteiger partial charge >= 0.3 is 0 Å². The van der Waals surface area contributed by atoms with E-state index in [0.29, 0.717) is 0 Å². The van der Waals surface area contributed by atoms with E-state index in [0.717, 1.165) is 23.1 Å². The van der Waals surface area contributed by atoms with Crippen LogP contribution < -0.4 is 5.32 Å². The molecule has 1 heterocycles. The molecular formula is C9H17N3S2. The van der Waals surface area contributed by atoms with E-state index in [1.54, 1.807) is 11.3 Å². The van der Waals surface area contributed by atoms with Crippen LogP contribution in [0.25, 0.3) is 0 Å². The summed E-state index contributed by atoms with van der Waals surface area (Å²) < 4.78 is 0. The molecule has 1 aromatic rings. The Hall–Kier alpha value is -0.290. The first-order valence-electron chi connectivity index (χ1n) is 5.00. The van der Waals surface area contributed by atoms with E-state index in [4.69, 9.17) is 0 Å². The maximum absolute atomic E-state index is 4.06. The van der Waals surface area contributed by atoms with Crippen molar-refractivity contribution in [1.82, 2.24) is 10.2 Å². The van der Waals surface area contributed by atoms with Crippen LogP contribution in [0, 0.1) is 0 Å². The Labute approximate surface area is 93.7 Å². The molecule has 1 rings (SSSR count). The molecule has 0 unspecified atom stereocenters. The number of aromatic nitrogens is 2. The number of nitrogens with zero attached hydrogens (tertiary/aromatic N) is 2. The molecule has 0 radical (unpaired) electrons. The Morgan fingerprint density at radius 2 is 2.21 bits per heavy atom. The fourth-order valence-corrected chi connectivity index (χ4v) is 2.32. The minimum atomic E-state index is 0.961. The van der Waals surface area contributed by atoms with Gasteiger partial charge in [0.05, 0.1) is 0 Å². The SMILES string of the molecule is CCSCCCNc1nnc(CC)s1. The highest BCUT2D eigenvalue weighted by Crippen LogP contribution is 2.15. The van der Waals surface area contributed by atoms with Gasteiger partial charge in [-0.25, -0.2) is 0 Å². The van der Waals surface area contributed by atoms with Crippen molar-refractivity contribution in [3.63, 3.8) is 0 Å². The van der Waals surface area contributed by atoms with Crippen molar-refractivity contribution in [3.8, 4) is 0 Å². The fourth-order valence-electron chi connectivity index (χ4n) is 0.982. The minimum Gasteiger partial charge on any atom is -0.360 e. The van der Waals surface area contributed by atoms with Gasteiger partial charge in [0, 0.05) is 6.54 Å². The molecule has 0 aliphatic heterocycles. The number of hydrogen-bond donors (Lipinski definition) is 1. The first-order valence-corrected chi connectivity index (χ1v) is 6.98. The van der Waals surface area contributed by atoms with Crippen molar-refractivity contribution in [2.24, 2.45) is 0 Å². The molecule has 0 spiro atoms. The van der Waals surface area contributed by atoms with Crippen molar-refractivity contribution in [1.29, 1.82) is 0 Å². The van der Waals surface area contributed by atoms with Gasteiger partial charge < -0.3 is 5.32 Å². The molecule has 0 bridgehead atoms. The predicted molar refractivity (Wildman–Crippen MR) is 65.4 cm³/mol. The summed E-state index contributed by atoms with van der Waals surface area (Å²) in [7, 11) is 0. The molecule has 80 valence electrons. The highest BCUT2D eigenvalue weighted by Gasteiger charge is 2.00. The molecule has 1 aromatic heterocycles. The second-order valence-electron chi connectivity index (χ2n) is 2.83. The molecule has 0 amide bonds. The molecule has 0 saturated carbocycles. The lowest BCUT2D eigenvalue weighted by Crippen LogP contribution is -2.02. The third-order valence-corrected chi connectivity index (χ3v) is 3.73. The molecule has 0 saturated heterocycles. The molecule has 3 nitrogen and oxygen atoms in total. The second kappa shape index (κ2) is 7.06. The summed E-state index contributed by atoms with van der Waals surface area (Å²) in [4.78, 5) is 0. The Morgan fingerprint density at radius 1 is 1.36 bits per heavy atom. The lowest BCUT2D eigenvalue weighted by atomic mass is 10.5. The number of nitrogens with one attached hydrogen (secondary N) is 1. The van der Waals surface area contributed by atoms with E-state index >= 15 is 0 Å². The zero-order valence-corrected chi connectivity index (χ0v) is 10.4. The van der Waals surface area contributed by atoms with Gasteiger partial charge in [-0.15, -0.1) is 10.2 Å². The van der Waals surface area contributed by atoms with Gasteiger partial charge in [-0.2, -0.15) is 11.8 Å². The van der Waals surface area contributed by atoms with Gasteiger partial charge in [-0.05, 0) is 24.3 Å². The second-order valence-corrected chi connectivity index (χ2v) is 5.29. The third-order valence-electron chi connectivity index (χ3n) is 1.72. The van der Waals surface area contributed by atoms with Crippen molar-refractivity contribution >= 4 is 28.2 Å². The number of rotatable bonds is 7. The summed E-state index contributed by atoms with van der Waals surface area (Å²) in [6, 6.07) is 0. The standard InChI is InChI=1S/C9H17N3S2/c1-3-8-11-12-9(14-8)10-6-5-7-13-4-2/h3-7H2,1-2H3,(H,10,12). The van der Waals surface area contributed by atoms with Gasteiger partial charge in [0.15, 0.2) is 0 Å². The van der Waals surface area contributed by atoms with Crippen LogP contribution in [0.1, 0.15) is 25.3 Å². The number of hydrogen-bond acceptors (Lipinski definition) is 5. The highest BCUT2D eigenvalue weighted by atomic mass is 32.2. The summed E-state index contributed by atoms with van der Waals surface area (Å²) in [5.41, 5.74) is 0. The summed E-state index contributed by atoms with van der Waals surface area (Å²) in [6.45, 7) is 5.30. The van der Waals surface area contributed by atoms with Gasteiger partial charge in [0.2, 0.25) is 5.13 Å². The van der Waals surface area contributed by atoms with Crippen LogP contribution in [0.2, 0.25) is 0 Å². The number of anilines is 1. The topological polar surface area (TPSA) is 37.8 Å². The number of thioether (sulfide) groups is 1. The fraction of sp³-hybridized carbons (Fsp3) is 0.778. The van der Waals surface area contributed by atoms with Crippen LogP contribution in [0.3, 0.4) is 0 Å². The van der Waals surface area contributed by atoms with E-state index in [1.807, 2.05) is 11.8 Å². The van der Waals surface area contributed by atoms with E-state index in [1.165, 1.54) is 17.9 Å². The zero-order chi connectivity index (χ0) is 10.2. The van der Waals surface area contributed by atoms with E-state index in [2.05, 4.69) is 29.4 Å². The predicted octanol–water partition coefficient (Wildman–Crippen LogP) is 2.66. The molecule has 0 atom stereocenters. The quantitative estimate of drug-likeness (QED) is 0.732. The minimum absolute atomic E-state index is 0.961. The Morgan fingerprint density at radius 3 is 2.86 bits per heavy atom. The first-order chi connectivity index (χ1) is 6.86. The third kappa shape index (κ3) is 4.28. The summed E-state index contributed by atoms with van der Waals surface area (Å²) in [6.07, 6.45) is 2.17. The van der Waals surface area contributed by atoms with Crippen LogP contribution >= 0.6 is 23.1 Å². The van der Waals surface area contributed by atoms with Crippen LogP contribution in [0.4, 0.5) is 5.13 Å². The van der Waals surface area contributed by atoms with E-state index < -0.39 is 0 Å². The smallest absolute Gasteiger partial charge is 0.205 e. The molecule has 5 heteroatoms. The van der Waals surface area contributed by atoms with Crippen molar-refractivity contribution in [2.75, 3.05) is 23.4 Å². The van der Waals surface area contributed by atoms with Crippen LogP contribution in [0.5, 0.6) is 0 Å². The molecular weight excluding hydrogens is 214 g/mol. The summed E-state index contributed by atoms with van der Waals surface area (Å²) in [5.74, 6) is 2.43. The van der Waals surface area contributed by atoms with Crippen LogP contribution in [-0.2, 0) is 6.42 Å². The van der Waals surface area contributed by atoms with Crippen molar-refractivity contribution in [3.05, 3.63) is 5.01 Å². The highest BCUT2D eigenvalue weighted by molar-refractivity contribution is 7.99. The molecule has 1 N–H and O–H groups in total. The summed E-state index contributed by atoms with van der Waals surface area (Å²) >= 11 is 3.64. The van der Waals surface area contributed by atoms with Gasteiger partial charge in [0.1, 0.15) is 5.01 Å². The Kier molecular flexibility index (Phi) is 5.94. The largest absolute Gasteiger partial charge is 0.360 e. The maximum Gasteiger partial charge on any atom is 0.205 e. The lowest BCUT2D eigenvalue weighted by Gasteiger charge is -2.00. The zero-order valence-electron chi connectivity index (χ0n) is 8.75. The van der Waals surface area contributed by atoms with E-state index in [-0.39, 0.29) is 0 Å². The average molecular weight is 231 g/mol. The van der Waals surface area contributed by atoms with Gasteiger partial charge in [-0.1, -0.05) is 25.2 Å².